The molecule has 1 aliphatic heterocycles. The zero-order valence-electron chi connectivity index (χ0n) is 12.3. The smallest absolute Gasteiger partial charge is 0.360 e. The Bertz CT molecular complexity index is 644. The molecule has 1 saturated heterocycles. The number of carbonyl (C=O) groups excluding carboxylic acids is 3. The van der Waals surface area contributed by atoms with Crippen molar-refractivity contribution in [2.24, 2.45) is 5.16 Å². The second-order valence-electron chi connectivity index (χ2n) is 4.50. The predicted octanol–water partition coefficient (Wildman–Crippen LogP) is 0.457. The molecule has 0 saturated carbocycles. The summed E-state index contributed by atoms with van der Waals surface area (Å²) in [6.07, 6.45) is -0.588. The minimum atomic E-state index is -3.27. The Labute approximate surface area is 129 Å². The molecule has 1 aliphatic rings. The van der Waals surface area contributed by atoms with Crippen molar-refractivity contribution in [3.63, 3.8) is 0 Å². The van der Waals surface area contributed by atoms with E-state index in [-0.39, 0.29) is 12.3 Å². The molecule has 1 aromatic rings. The summed E-state index contributed by atoms with van der Waals surface area (Å²) < 4.78 is 24.4. The molecule has 23 heavy (non-hydrogen) atoms. The molecule has 2 N–H and O–H groups in total. The number of furan rings is 1. The number of urea groups is 1. The predicted molar refractivity (Wildman–Crippen MR) is 72.9 cm³/mol. The van der Waals surface area contributed by atoms with E-state index >= 15 is 0 Å². The number of ether oxygens (including phenoxy) is 1. The first-order valence-electron chi connectivity index (χ1n) is 6.62. The van der Waals surface area contributed by atoms with Crippen molar-refractivity contribution in [2.45, 2.75) is 25.7 Å². The van der Waals surface area contributed by atoms with Crippen LogP contribution in [0.3, 0.4) is 0 Å². The number of esters is 1. The summed E-state index contributed by atoms with van der Waals surface area (Å²) in [5.74, 6) is -2.65. The zero-order valence-corrected chi connectivity index (χ0v) is 12.3. The summed E-state index contributed by atoms with van der Waals surface area (Å²) in [6, 6.07) is 2.15. The van der Waals surface area contributed by atoms with Crippen molar-refractivity contribution in [1.82, 2.24) is 10.6 Å². The van der Waals surface area contributed by atoms with Gasteiger partial charge in [-0.3, -0.25) is 15.4 Å². The molecule has 2 atom stereocenters. The van der Waals surface area contributed by atoms with Gasteiger partial charge in [0.15, 0.2) is 5.76 Å². The highest BCUT2D eigenvalue weighted by molar-refractivity contribution is 6.14. The van der Waals surface area contributed by atoms with Crippen LogP contribution in [0.15, 0.2) is 28.0 Å². The van der Waals surface area contributed by atoms with E-state index in [4.69, 9.17) is 9.25 Å². The number of carbonyl (C=O) groups is 3. The van der Waals surface area contributed by atoms with Gasteiger partial charge in [-0.05, 0) is 26.0 Å². The van der Waals surface area contributed by atoms with Crippen LogP contribution < -0.4 is 10.6 Å². The number of imide groups is 1. The van der Waals surface area contributed by atoms with Gasteiger partial charge in [0.05, 0.1) is 12.9 Å². The van der Waals surface area contributed by atoms with Gasteiger partial charge < -0.3 is 14.0 Å². The molecule has 1 aromatic heterocycles. The van der Waals surface area contributed by atoms with Crippen molar-refractivity contribution in [3.8, 4) is 0 Å². The van der Waals surface area contributed by atoms with Crippen LogP contribution in [0.25, 0.3) is 0 Å². The Balaban J connectivity index is 2.24. The highest BCUT2D eigenvalue weighted by Gasteiger charge is 2.61. The van der Waals surface area contributed by atoms with Gasteiger partial charge in [0.2, 0.25) is 0 Å². The van der Waals surface area contributed by atoms with E-state index < -0.39 is 29.8 Å². The van der Waals surface area contributed by atoms with E-state index in [2.05, 4.69) is 9.89 Å². The summed E-state index contributed by atoms with van der Waals surface area (Å²) in [5, 5.41) is 7.19. The third-order valence-corrected chi connectivity index (χ3v) is 2.93. The van der Waals surface area contributed by atoms with Crippen molar-refractivity contribution in [3.05, 3.63) is 24.2 Å². The number of oxime groups is 1. The lowest BCUT2D eigenvalue weighted by Gasteiger charge is -2.32. The summed E-state index contributed by atoms with van der Waals surface area (Å²) in [6.45, 7) is 2.77. The molecule has 124 valence electrons. The molecule has 2 heterocycles. The molecule has 0 spiro atoms. The highest BCUT2D eigenvalue weighted by atomic mass is 19.1. The van der Waals surface area contributed by atoms with Crippen LogP contribution in [-0.4, -0.2) is 42.1 Å². The molecular weight excluding hydrogens is 313 g/mol. The quantitative estimate of drug-likeness (QED) is 0.351. The molecule has 0 radical (unpaired) electrons. The minimum Gasteiger partial charge on any atom is -0.463 e. The summed E-state index contributed by atoms with van der Waals surface area (Å²) in [4.78, 5) is 39.7. The minimum absolute atomic E-state index is 0.160. The first-order valence-corrected chi connectivity index (χ1v) is 6.62. The Morgan fingerprint density at radius 2 is 2.26 bits per heavy atom. The van der Waals surface area contributed by atoms with Crippen LogP contribution in [0.1, 0.15) is 19.6 Å². The fourth-order valence-corrected chi connectivity index (χ4v) is 1.76. The van der Waals surface area contributed by atoms with Crippen LogP contribution in [0, 0.1) is 0 Å². The topological polar surface area (TPSA) is 119 Å². The molecule has 0 bridgehead atoms. The van der Waals surface area contributed by atoms with Gasteiger partial charge in [0.1, 0.15) is 5.71 Å². The standard InChI is InChI=1S/C13H14FN3O6/c1-3-21-11(19)13(14)9(18)15-12(20)16-10(13)23-17-7(2)8-5-4-6-22-8/h4-6,10H,3H2,1-2H3,(H2,15,16,18,20). The van der Waals surface area contributed by atoms with Crippen molar-refractivity contribution >= 4 is 23.6 Å². The maximum absolute atomic E-state index is 14.9. The Kier molecular flexibility index (Phi) is 4.63. The summed E-state index contributed by atoms with van der Waals surface area (Å²) >= 11 is 0. The number of nitrogens with one attached hydrogen (secondary N) is 2. The van der Waals surface area contributed by atoms with E-state index in [0.29, 0.717) is 5.76 Å². The van der Waals surface area contributed by atoms with Gasteiger partial charge >= 0.3 is 17.7 Å². The molecule has 2 rings (SSSR count). The second kappa shape index (κ2) is 6.46. The lowest BCUT2D eigenvalue weighted by molar-refractivity contribution is -0.179. The third kappa shape index (κ3) is 3.15. The fraction of sp³-hybridized carbons (Fsp3) is 0.385. The van der Waals surface area contributed by atoms with Gasteiger partial charge in [-0.1, -0.05) is 5.16 Å². The average molecular weight is 327 g/mol. The Morgan fingerprint density at radius 1 is 1.52 bits per heavy atom. The largest absolute Gasteiger partial charge is 0.463 e. The number of hydrogen-bond acceptors (Lipinski definition) is 7. The number of hydrogen-bond donors (Lipinski definition) is 2. The van der Waals surface area contributed by atoms with Crippen molar-refractivity contribution in [2.75, 3.05) is 6.61 Å². The Hall–Kier alpha value is -2.91. The number of nitrogens with zero attached hydrogens (tertiary/aromatic N) is 1. The van der Waals surface area contributed by atoms with Crippen LogP contribution in [0.2, 0.25) is 0 Å². The van der Waals surface area contributed by atoms with E-state index in [1.807, 2.05) is 5.32 Å². The number of rotatable bonds is 5. The van der Waals surface area contributed by atoms with Gasteiger partial charge in [-0.15, -0.1) is 0 Å². The molecule has 10 heteroatoms. The zero-order chi connectivity index (χ0) is 17.0. The van der Waals surface area contributed by atoms with Crippen LogP contribution >= 0.6 is 0 Å². The van der Waals surface area contributed by atoms with E-state index in [1.54, 1.807) is 17.4 Å². The lowest BCUT2D eigenvalue weighted by Crippen LogP contribution is -2.70. The third-order valence-electron chi connectivity index (χ3n) is 2.93. The SMILES string of the molecule is CCOC(=O)C1(F)C(=O)NC(=O)NC1ON=C(C)c1ccco1. The van der Waals surface area contributed by atoms with E-state index in [1.165, 1.54) is 20.1 Å². The molecular formula is C13H14FN3O6. The van der Waals surface area contributed by atoms with Crippen LogP contribution in [0.4, 0.5) is 9.18 Å². The van der Waals surface area contributed by atoms with Crippen molar-refractivity contribution in [1.29, 1.82) is 0 Å². The van der Waals surface area contributed by atoms with Crippen molar-refractivity contribution < 1.29 is 32.8 Å². The Morgan fingerprint density at radius 3 is 2.87 bits per heavy atom. The molecule has 1 fully saturated rings. The molecule has 0 aliphatic carbocycles. The molecule has 9 nitrogen and oxygen atoms in total. The average Bonchev–Trinajstić information content (AvgIpc) is 3.03. The highest BCUT2D eigenvalue weighted by Crippen LogP contribution is 2.24. The van der Waals surface area contributed by atoms with E-state index in [9.17, 15) is 18.8 Å². The lowest BCUT2D eigenvalue weighted by atomic mass is 10.0. The number of alkyl halides is 1. The van der Waals surface area contributed by atoms with Gasteiger partial charge in [-0.25, -0.2) is 14.0 Å². The van der Waals surface area contributed by atoms with Gasteiger partial charge in [-0.2, -0.15) is 0 Å². The van der Waals surface area contributed by atoms with Crippen LogP contribution in [0.5, 0.6) is 0 Å². The molecule has 3 amide bonds. The normalized spacial score (nSPS) is 24.7. The first-order chi connectivity index (χ1) is 10.9. The maximum atomic E-state index is 14.9. The van der Waals surface area contributed by atoms with Crippen LogP contribution in [-0.2, 0) is 19.2 Å². The van der Waals surface area contributed by atoms with Gasteiger partial charge in [0.25, 0.3) is 12.1 Å². The fourth-order valence-electron chi connectivity index (χ4n) is 1.76. The number of halogens is 1. The van der Waals surface area contributed by atoms with Gasteiger partial charge in [0, 0.05) is 0 Å². The number of amides is 3. The first kappa shape index (κ1) is 16.5. The summed E-state index contributed by atoms with van der Waals surface area (Å²) in [5.41, 5.74) is -3.06. The maximum Gasteiger partial charge on any atom is 0.360 e. The monoisotopic (exact) mass is 327 g/mol. The van der Waals surface area contributed by atoms with E-state index in [0.717, 1.165) is 0 Å². The second-order valence-corrected chi connectivity index (χ2v) is 4.50. The molecule has 2 unspecified atom stereocenters. The molecule has 0 aromatic carbocycles. The summed E-state index contributed by atoms with van der Waals surface area (Å²) in [7, 11) is 0.